The highest BCUT2D eigenvalue weighted by Crippen LogP contribution is 2.21. The maximum absolute atomic E-state index is 5.71. The van der Waals surface area contributed by atoms with Gasteiger partial charge in [0, 0.05) is 7.11 Å². The Balaban J connectivity index is 4.58. The van der Waals surface area contributed by atoms with E-state index in [1.807, 2.05) is 7.11 Å². The van der Waals surface area contributed by atoms with Crippen LogP contribution in [0.1, 0.15) is 6.92 Å². The highest BCUT2D eigenvalue weighted by atomic mass is 29.3. The summed E-state index contributed by atoms with van der Waals surface area (Å²) in [6.07, 6.45) is 0. The minimum Gasteiger partial charge on any atom is -0.422 e. The Bertz CT molecular complexity index is 150. The van der Waals surface area contributed by atoms with Crippen LogP contribution in [0.25, 0.3) is 0 Å². The molecular weight excluding hydrogens is 198 g/mol. The highest BCUT2D eigenvalue weighted by molar-refractivity contribution is 7.37. The van der Waals surface area contributed by atoms with Gasteiger partial charge in [0.15, 0.2) is 7.83 Å². The monoisotopic (exact) mass is 221 g/mol. The lowest BCUT2D eigenvalue weighted by Crippen LogP contribution is -2.66. The van der Waals surface area contributed by atoms with Gasteiger partial charge in [-0.25, -0.2) is 0 Å². The number of rotatable bonds is 4. The number of hydrogen-bond donors (Lipinski definition) is 0. The molecule has 0 spiro atoms. The molecule has 12 heavy (non-hydrogen) atoms. The zero-order valence-electron chi connectivity index (χ0n) is 9.56. The normalized spacial score (nSPS) is 14.2. The van der Waals surface area contributed by atoms with Gasteiger partial charge in [0.25, 0.3) is 0 Å². The van der Waals surface area contributed by atoms with Crippen LogP contribution in [0.15, 0.2) is 0 Å². The molecule has 0 unspecified atom stereocenters. The fraction of sp³-hybridized carbons (Fsp3) is 1.00. The van der Waals surface area contributed by atoms with Gasteiger partial charge in [-0.15, -0.1) is 0 Å². The van der Waals surface area contributed by atoms with Crippen molar-refractivity contribution in [2.75, 3.05) is 13.7 Å². The van der Waals surface area contributed by atoms with Crippen LogP contribution in [-0.2, 0) is 4.43 Å². The Hall–Kier alpha value is 0.571. The summed E-state index contributed by atoms with van der Waals surface area (Å²) in [7, 11) is 0.452. The van der Waals surface area contributed by atoms with Crippen LogP contribution >= 0.6 is 0 Å². The molecule has 0 aromatic rings. The second kappa shape index (κ2) is 4.19. The van der Waals surface area contributed by atoms with Crippen molar-refractivity contribution in [3.63, 3.8) is 0 Å². The van der Waals surface area contributed by atoms with Crippen molar-refractivity contribution in [1.82, 2.24) is 4.23 Å². The molecule has 0 aromatic carbocycles. The van der Waals surface area contributed by atoms with Crippen molar-refractivity contribution in [1.29, 1.82) is 0 Å². The minimum absolute atomic E-state index is 1.18. The molecule has 0 fully saturated rings. The van der Waals surface area contributed by atoms with Crippen LogP contribution in [0.3, 0.4) is 0 Å². The van der Waals surface area contributed by atoms with Crippen LogP contribution in [0.5, 0.6) is 0 Å². The molecule has 0 aliphatic heterocycles. The predicted molar refractivity (Wildman–Crippen MR) is 64.3 cm³/mol. The number of nitrogens with zero attached hydrogens (tertiary/aromatic N) is 1. The van der Waals surface area contributed by atoms with Gasteiger partial charge in [0.05, 0.1) is 10.4 Å². The van der Waals surface area contributed by atoms with Crippen LogP contribution in [-0.4, -0.2) is 43.9 Å². The van der Waals surface area contributed by atoms with E-state index in [9.17, 15) is 0 Å². The van der Waals surface area contributed by atoms with Gasteiger partial charge in [-0.3, -0.25) is 0 Å². The molecule has 0 amide bonds. The molecular formula is C7H23NOSi3. The molecule has 0 aromatic heterocycles. The van der Waals surface area contributed by atoms with E-state index in [4.69, 9.17) is 4.43 Å². The van der Waals surface area contributed by atoms with Crippen molar-refractivity contribution >= 4 is 26.0 Å². The fourth-order valence-corrected chi connectivity index (χ4v) is 12.9. The summed E-state index contributed by atoms with van der Waals surface area (Å²) in [4.78, 5) is 0. The smallest absolute Gasteiger partial charge is 0.189 e. The van der Waals surface area contributed by atoms with E-state index >= 15 is 0 Å². The minimum atomic E-state index is -1.39. The van der Waals surface area contributed by atoms with Gasteiger partial charge < -0.3 is 8.66 Å². The zero-order valence-corrected chi connectivity index (χ0v) is 13.6. The lowest BCUT2D eigenvalue weighted by atomic mass is 10.8. The van der Waals surface area contributed by atoms with Crippen molar-refractivity contribution in [2.45, 2.75) is 33.1 Å². The second-order valence-electron chi connectivity index (χ2n) is 4.29. The Morgan fingerprint density at radius 2 is 1.67 bits per heavy atom. The van der Waals surface area contributed by atoms with Crippen LogP contribution in [0, 0.1) is 0 Å². The molecule has 0 aliphatic carbocycles. The van der Waals surface area contributed by atoms with Crippen molar-refractivity contribution in [3.8, 4) is 0 Å². The van der Waals surface area contributed by atoms with Gasteiger partial charge in [0.2, 0.25) is 0 Å². The molecule has 0 radical (unpaired) electrons. The van der Waals surface area contributed by atoms with E-state index in [2.05, 4.69) is 37.3 Å². The van der Waals surface area contributed by atoms with Crippen LogP contribution in [0.2, 0.25) is 26.2 Å². The summed E-state index contributed by atoms with van der Waals surface area (Å²) in [5.41, 5.74) is 0. The largest absolute Gasteiger partial charge is 0.422 e. The lowest BCUT2D eigenvalue weighted by molar-refractivity contribution is 0.416. The highest BCUT2D eigenvalue weighted by Gasteiger charge is 2.44. The molecule has 0 saturated heterocycles. The first-order chi connectivity index (χ1) is 5.29. The molecule has 0 rings (SSSR count). The Morgan fingerprint density at radius 3 is 1.92 bits per heavy atom. The first-order valence-electron chi connectivity index (χ1n) is 4.56. The summed E-state index contributed by atoms with van der Waals surface area (Å²) < 4.78 is 8.35. The summed E-state index contributed by atoms with van der Waals surface area (Å²) in [5.74, 6) is 0. The average molecular weight is 222 g/mol. The second-order valence-corrected chi connectivity index (χ2v) is 20.9. The summed E-state index contributed by atoms with van der Waals surface area (Å²) >= 11 is 0. The summed E-state index contributed by atoms with van der Waals surface area (Å²) in [5, 5.41) is 0. The molecule has 0 atom stereocenters. The first-order valence-corrected chi connectivity index (χ1v) is 12.3. The molecule has 5 heteroatoms. The van der Waals surface area contributed by atoms with E-state index in [1.165, 1.54) is 16.9 Å². The van der Waals surface area contributed by atoms with Crippen LogP contribution in [0.4, 0.5) is 0 Å². The Morgan fingerprint density at radius 1 is 1.25 bits per heavy atom. The molecule has 0 aliphatic rings. The van der Waals surface area contributed by atoms with E-state index in [0.717, 1.165) is 0 Å². The average Bonchev–Trinajstić information content (AvgIpc) is 2.02. The summed E-state index contributed by atoms with van der Waals surface area (Å²) in [6, 6.07) is 0. The SMILES string of the molecule is CCN([SiH3])[Si](C)(C)[Si](C)(C)OC. The number of hydrogen-bond acceptors (Lipinski definition) is 2. The maximum Gasteiger partial charge on any atom is 0.189 e. The summed E-state index contributed by atoms with van der Waals surface area (Å²) in [6.45, 7) is 13.0. The van der Waals surface area contributed by atoms with E-state index in [0.29, 0.717) is 0 Å². The quantitative estimate of drug-likeness (QED) is 0.649. The lowest BCUT2D eigenvalue weighted by Gasteiger charge is -2.43. The third-order valence-electron chi connectivity index (χ3n) is 3.41. The molecule has 2 nitrogen and oxygen atoms in total. The molecule has 0 bridgehead atoms. The molecule has 0 saturated carbocycles. The maximum atomic E-state index is 5.71. The van der Waals surface area contributed by atoms with Crippen molar-refractivity contribution in [3.05, 3.63) is 0 Å². The van der Waals surface area contributed by atoms with Crippen molar-refractivity contribution < 1.29 is 4.43 Å². The van der Waals surface area contributed by atoms with Gasteiger partial charge in [-0.1, -0.05) is 20.0 Å². The standard InChI is InChI=1S/C7H23NOSi3/c1-7-8(10)11(3,4)12(5,6)9-2/h7H2,1-6,10H3. The zero-order chi connectivity index (χ0) is 9.99. The third kappa shape index (κ3) is 2.29. The third-order valence-corrected chi connectivity index (χ3v) is 25.5. The van der Waals surface area contributed by atoms with E-state index < -0.39 is 15.6 Å². The van der Waals surface area contributed by atoms with Crippen molar-refractivity contribution in [2.24, 2.45) is 0 Å². The van der Waals surface area contributed by atoms with Gasteiger partial charge >= 0.3 is 0 Å². The van der Waals surface area contributed by atoms with Crippen LogP contribution < -0.4 is 0 Å². The Labute approximate surface area is 81.8 Å². The Kier molecular flexibility index (Phi) is 4.39. The van der Waals surface area contributed by atoms with Gasteiger partial charge in [-0.05, 0) is 19.6 Å². The van der Waals surface area contributed by atoms with E-state index in [1.54, 1.807) is 0 Å². The fourth-order valence-electron chi connectivity index (χ4n) is 1.10. The van der Waals surface area contributed by atoms with Gasteiger partial charge in [0.1, 0.15) is 7.75 Å². The molecule has 74 valence electrons. The molecule has 0 heterocycles. The van der Waals surface area contributed by atoms with Gasteiger partial charge in [-0.2, -0.15) is 0 Å². The predicted octanol–water partition coefficient (Wildman–Crippen LogP) is 0.724. The topological polar surface area (TPSA) is 12.5 Å². The van der Waals surface area contributed by atoms with E-state index in [-0.39, 0.29) is 0 Å². The first kappa shape index (κ1) is 12.6. The molecule has 0 N–H and O–H groups in total.